The molecule has 0 bridgehead atoms. The Bertz CT molecular complexity index is 791. The van der Waals surface area contributed by atoms with Gasteiger partial charge in [0.15, 0.2) is 23.0 Å². The van der Waals surface area contributed by atoms with Crippen molar-refractivity contribution in [2.24, 2.45) is 0 Å². The third-order valence-electron chi connectivity index (χ3n) is 4.52. The number of benzene rings is 2. The van der Waals surface area contributed by atoms with Gasteiger partial charge in [0, 0.05) is 11.0 Å². The molecule has 1 aliphatic heterocycles. The van der Waals surface area contributed by atoms with E-state index in [9.17, 15) is 5.11 Å². The number of phenols is 1. The smallest absolute Gasteiger partial charge is 0.203 e. The molecule has 1 fully saturated rings. The molecule has 0 radical (unpaired) electrons. The van der Waals surface area contributed by atoms with Crippen LogP contribution in [0.2, 0.25) is 0 Å². The second-order valence-corrected chi connectivity index (χ2v) is 8.77. The molecule has 152 valence electrons. The molecule has 6 nitrogen and oxygen atoms in total. The van der Waals surface area contributed by atoms with Gasteiger partial charge in [0.25, 0.3) is 0 Å². The van der Waals surface area contributed by atoms with Gasteiger partial charge in [-0.1, -0.05) is 0 Å². The summed E-state index contributed by atoms with van der Waals surface area (Å²) in [6.45, 7) is 0. The molecule has 0 spiro atoms. The van der Waals surface area contributed by atoms with E-state index in [2.05, 4.69) is 0 Å². The predicted molar refractivity (Wildman–Crippen MR) is 113 cm³/mol. The van der Waals surface area contributed by atoms with Gasteiger partial charge in [-0.3, -0.25) is 0 Å². The van der Waals surface area contributed by atoms with Crippen molar-refractivity contribution in [3.8, 4) is 34.5 Å². The van der Waals surface area contributed by atoms with Crippen LogP contribution in [0.5, 0.6) is 34.5 Å². The minimum Gasteiger partial charge on any atom is -0.502 e. The Morgan fingerprint density at radius 1 is 0.750 bits per heavy atom. The van der Waals surface area contributed by atoms with Crippen LogP contribution >= 0.6 is 23.5 Å². The Kier molecular flexibility index (Phi) is 6.61. The van der Waals surface area contributed by atoms with Crippen LogP contribution in [0.15, 0.2) is 24.3 Å². The molecule has 2 atom stereocenters. The van der Waals surface area contributed by atoms with E-state index in [0.717, 1.165) is 16.9 Å². The van der Waals surface area contributed by atoms with Crippen LogP contribution in [-0.2, 0) is 0 Å². The summed E-state index contributed by atoms with van der Waals surface area (Å²) >= 11 is 3.67. The number of phenolic OH excluding ortho intramolecular Hbond substituents is 1. The molecular formula is C20H24O6S2. The van der Waals surface area contributed by atoms with Crippen LogP contribution in [0.25, 0.3) is 0 Å². The lowest BCUT2D eigenvalue weighted by atomic mass is 10.1. The quantitative estimate of drug-likeness (QED) is 0.689. The number of aromatic hydroxyl groups is 1. The molecule has 0 aliphatic carbocycles. The monoisotopic (exact) mass is 424 g/mol. The Labute approximate surface area is 173 Å². The lowest BCUT2D eigenvalue weighted by Gasteiger charge is -2.17. The topological polar surface area (TPSA) is 66.4 Å². The van der Waals surface area contributed by atoms with Crippen LogP contribution in [0.1, 0.15) is 21.0 Å². The molecule has 0 aromatic heterocycles. The molecule has 2 aromatic rings. The lowest BCUT2D eigenvalue weighted by molar-refractivity contribution is 0.324. The van der Waals surface area contributed by atoms with Gasteiger partial charge in [-0.15, -0.1) is 23.5 Å². The van der Waals surface area contributed by atoms with Gasteiger partial charge in [0.05, 0.1) is 40.1 Å². The Hall–Kier alpha value is -2.06. The van der Waals surface area contributed by atoms with Gasteiger partial charge in [-0.2, -0.15) is 0 Å². The summed E-state index contributed by atoms with van der Waals surface area (Å²) in [5.41, 5.74) is 2.16. The number of hydrogen-bond acceptors (Lipinski definition) is 8. The Balaban J connectivity index is 1.88. The van der Waals surface area contributed by atoms with E-state index in [1.807, 2.05) is 47.8 Å². The van der Waals surface area contributed by atoms with Crippen molar-refractivity contribution in [2.75, 3.05) is 41.3 Å². The first-order chi connectivity index (χ1) is 13.6. The molecular weight excluding hydrogens is 400 g/mol. The third kappa shape index (κ3) is 3.89. The average molecular weight is 425 g/mol. The molecule has 0 unspecified atom stereocenters. The Morgan fingerprint density at radius 2 is 1.25 bits per heavy atom. The lowest BCUT2D eigenvalue weighted by Crippen LogP contribution is -1.99. The molecule has 8 heteroatoms. The highest BCUT2D eigenvalue weighted by Gasteiger charge is 2.31. The highest BCUT2D eigenvalue weighted by molar-refractivity contribution is 8.19. The normalized spacial score (nSPS) is 18.6. The molecule has 1 aliphatic rings. The average Bonchev–Trinajstić information content (AvgIpc) is 3.23. The van der Waals surface area contributed by atoms with Gasteiger partial charge >= 0.3 is 0 Å². The van der Waals surface area contributed by atoms with E-state index in [1.54, 1.807) is 21.3 Å². The van der Waals surface area contributed by atoms with Gasteiger partial charge in [-0.25, -0.2) is 0 Å². The molecule has 1 N–H and O–H groups in total. The van der Waals surface area contributed by atoms with Crippen molar-refractivity contribution in [3.05, 3.63) is 35.4 Å². The molecule has 1 heterocycles. The number of methoxy groups -OCH3 is 5. The molecule has 0 saturated carbocycles. The highest BCUT2D eigenvalue weighted by Crippen LogP contribution is 2.58. The van der Waals surface area contributed by atoms with E-state index in [0.29, 0.717) is 28.7 Å². The summed E-state index contributed by atoms with van der Waals surface area (Å²) in [7, 11) is 7.91. The highest BCUT2D eigenvalue weighted by atomic mass is 32.2. The number of hydrogen-bond donors (Lipinski definition) is 1. The number of ether oxygens (including phenoxy) is 5. The van der Waals surface area contributed by atoms with E-state index in [1.165, 1.54) is 14.2 Å². The zero-order valence-corrected chi connectivity index (χ0v) is 18.1. The first kappa shape index (κ1) is 20.7. The maximum atomic E-state index is 10.1. The van der Waals surface area contributed by atoms with Crippen LogP contribution in [0, 0.1) is 0 Å². The van der Waals surface area contributed by atoms with Crippen LogP contribution < -0.4 is 23.7 Å². The van der Waals surface area contributed by atoms with Gasteiger partial charge < -0.3 is 28.8 Å². The summed E-state index contributed by atoms with van der Waals surface area (Å²) in [6, 6.07) is 7.72. The van der Waals surface area contributed by atoms with Crippen molar-refractivity contribution in [1.29, 1.82) is 0 Å². The van der Waals surface area contributed by atoms with Crippen LogP contribution in [0.4, 0.5) is 0 Å². The molecule has 2 aromatic carbocycles. The fraction of sp³-hybridized carbons (Fsp3) is 0.400. The number of rotatable bonds is 7. The van der Waals surface area contributed by atoms with Crippen molar-refractivity contribution in [2.45, 2.75) is 9.83 Å². The maximum absolute atomic E-state index is 10.1. The fourth-order valence-electron chi connectivity index (χ4n) is 3.09. The van der Waals surface area contributed by atoms with E-state index >= 15 is 0 Å². The van der Waals surface area contributed by atoms with Crippen molar-refractivity contribution < 1.29 is 28.8 Å². The van der Waals surface area contributed by atoms with E-state index < -0.39 is 0 Å². The van der Waals surface area contributed by atoms with Crippen LogP contribution in [-0.4, -0.2) is 46.4 Å². The first-order valence-corrected chi connectivity index (χ1v) is 10.6. The zero-order chi connectivity index (χ0) is 20.3. The fourth-order valence-corrected chi connectivity index (χ4v) is 6.35. The molecule has 1 saturated heterocycles. The molecule has 0 amide bonds. The second kappa shape index (κ2) is 8.96. The largest absolute Gasteiger partial charge is 0.502 e. The third-order valence-corrected chi connectivity index (χ3v) is 7.86. The van der Waals surface area contributed by atoms with Crippen LogP contribution in [0.3, 0.4) is 0 Å². The second-order valence-electron chi connectivity index (χ2n) is 6.02. The number of thioether (sulfide) groups is 2. The predicted octanol–water partition coefficient (Wildman–Crippen LogP) is 4.66. The van der Waals surface area contributed by atoms with Crippen molar-refractivity contribution >= 4 is 23.5 Å². The minimum absolute atomic E-state index is 0.0166. The summed E-state index contributed by atoms with van der Waals surface area (Å²) in [4.78, 5) is 0. The van der Waals surface area contributed by atoms with Gasteiger partial charge in [-0.05, 0) is 35.4 Å². The van der Waals surface area contributed by atoms with E-state index in [-0.39, 0.29) is 15.6 Å². The first-order valence-electron chi connectivity index (χ1n) is 8.58. The minimum atomic E-state index is 0.0166. The summed E-state index contributed by atoms with van der Waals surface area (Å²) in [6.07, 6.45) is 0. The molecule has 28 heavy (non-hydrogen) atoms. The van der Waals surface area contributed by atoms with Crippen molar-refractivity contribution in [1.82, 2.24) is 0 Å². The van der Waals surface area contributed by atoms with E-state index in [4.69, 9.17) is 23.7 Å². The van der Waals surface area contributed by atoms with Crippen molar-refractivity contribution in [3.63, 3.8) is 0 Å². The Morgan fingerprint density at radius 3 is 1.71 bits per heavy atom. The SMILES string of the molecule is COc1cc([C@@H]2SC[C@@H](c3cc(OC)c(OC)c(OC)c3)S2)cc(OC)c1O. The standard InChI is InChI=1S/C20H24O6S2/c1-22-13-8-12(9-14(23-2)18(13)21)20-27-10-17(28-20)11-6-15(24-3)19(26-5)16(7-11)25-4/h6-9,17,20-21H,10H2,1-5H3/t17-,20+/m0/s1. The molecule has 3 rings (SSSR count). The van der Waals surface area contributed by atoms with Gasteiger partial charge in [0.1, 0.15) is 0 Å². The summed E-state index contributed by atoms with van der Waals surface area (Å²) in [5, 5.41) is 10.4. The van der Waals surface area contributed by atoms with Gasteiger partial charge in [0.2, 0.25) is 11.5 Å². The summed E-state index contributed by atoms with van der Waals surface area (Å²) in [5.74, 6) is 3.66. The maximum Gasteiger partial charge on any atom is 0.203 e. The zero-order valence-electron chi connectivity index (χ0n) is 16.5. The summed E-state index contributed by atoms with van der Waals surface area (Å²) < 4.78 is 27.1.